The second-order valence-corrected chi connectivity index (χ2v) is 8.45. The first-order valence-electron chi connectivity index (χ1n) is 11.0. The van der Waals surface area contributed by atoms with Gasteiger partial charge in [-0.05, 0) is 56.2 Å². The summed E-state index contributed by atoms with van der Waals surface area (Å²) in [5.41, 5.74) is 2.46. The molecule has 1 aliphatic heterocycles. The Hall–Kier alpha value is -3.45. The minimum Gasteiger partial charge on any atom is -0.466 e. The lowest BCUT2D eigenvalue weighted by atomic mass is 9.98. The summed E-state index contributed by atoms with van der Waals surface area (Å²) < 4.78 is 10.9. The van der Waals surface area contributed by atoms with E-state index in [9.17, 15) is 4.79 Å². The summed E-state index contributed by atoms with van der Waals surface area (Å²) in [6.07, 6.45) is 1.72. The van der Waals surface area contributed by atoms with Gasteiger partial charge in [0.2, 0.25) is 5.82 Å². The summed E-state index contributed by atoms with van der Waals surface area (Å²) in [4.78, 5) is 24.0. The van der Waals surface area contributed by atoms with Crippen LogP contribution in [0.4, 0.5) is 5.82 Å². The predicted octanol–water partition coefficient (Wildman–Crippen LogP) is 5.38. The van der Waals surface area contributed by atoms with Crippen molar-refractivity contribution >= 4 is 34.3 Å². The maximum Gasteiger partial charge on any atom is 0.310 e. The van der Waals surface area contributed by atoms with E-state index >= 15 is 0 Å². The van der Waals surface area contributed by atoms with Gasteiger partial charge in [0.25, 0.3) is 5.89 Å². The Kier molecular flexibility index (Phi) is 5.96. The normalized spacial score (nSPS) is 16.2. The van der Waals surface area contributed by atoms with Crippen LogP contribution in [-0.4, -0.2) is 40.8 Å². The maximum atomic E-state index is 12.3. The fourth-order valence-corrected chi connectivity index (χ4v) is 4.31. The number of anilines is 1. The lowest BCUT2D eigenvalue weighted by Gasteiger charge is -2.32. The number of benzene rings is 2. The van der Waals surface area contributed by atoms with E-state index in [-0.39, 0.29) is 11.9 Å². The van der Waals surface area contributed by atoms with E-state index in [0.29, 0.717) is 29.9 Å². The van der Waals surface area contributed by atoms with Crippen molar-refractivity contribution in [3.05, 3.63) is 59.6 Å². The minimum atomic E-state index is -0.157. The van der Waals surface area contributed by atoms with Gasteiger partial charge < -0.3 is 14.2 Å². The lowest BCUT2D eigenvalue weighted by Crippen LogP contribution is -2.39. The van der Waals surface area contributed by atoms with Gasteiger partial charge in [-0.3, -0.25) is 4.79 Å². The second-order valence-electron chi connectivity index (χ2n) is 8.01. The molecule has 0 saturated carbocycles. The van der Waals surface area contributed by atoms with Gasteiger partial charge in [-0.1, -0.05) is 35.0 Å². The van der Waals surface area contributed by atoms with Crippen molar-refractivity contribution in [3.8, 4) is 22.8 Å². The number of pyridine rings is 1. The molecule has 0 radical (unpaired) electrons. The molecule has 0 spiro atoms. The number of hydrogen-bond acceptors (Lipinski definition) is 7. The van der Waals surface area contributed by atoms with E-state index in [4.69, 9.17) is 25.8 Å². The fraction of sp³-hybridized carbons (Fsp3) is 0.280. The van der Waals surface area contributed by atoms with Crippen LogP contribution < -0.4 is 4.90 Å². The van der Waals surface area contributed by atoms with Crippen molar-refractivity contribution in [1.82, 2.24) is 15.1 Å². The van der Waals surface area contributed by atoms with Gasteiger partial charge in [0.15, 0.2) is 0 Å². The van der Waals surface area contributed by atoms with Crippen molar-refractivity contribution in [2.45, 2.75) is 19.8 Å². The van der Waals surface area contributed by atoms with E-state index < -0.39 is 0 Å². The van der Waals surface area contributed by atoms with Crippen LogP contribution in [-0.2, 0) is 9.53 Å². The Morgan fingerprint density at radius 3 is 2.82 bits per heavy atom. The van der Waals surface area contributed by atoms with Crippen LogP contribution in [0.3, 0.4) is 0 Å². The quantitative estimate of drug-likeness (QED) is 0.368. The largest absolute Gasteiger partial charge is 0.466 e. The van der Waals surface area contributed by atoms with Crippen LogP contribution in [0.15, 0.2) is 59.1 Å². The van der Waals surface area contributed by atoms with Gasteiger partial charge in [-0.25, -0.2) is 4.98 Å². The van der Waals surface area contributed by atoms with E-state index in [2.05, 4.69) is 15.0 Å². The van der Waals surface area contributed by atoms with Crippen molar-refractivity contribution in [2.75, 3.05) is 24.6 Å². The highest BCUT2D eigenvalue weighted by atomic mass is 35.5. The molecule has 168 valence electrons. The number of para-hydroxylation sites is 1. The van der Waals surface area contributed by atoms with Crippen LogP contribution in [0.5, 0.6) is 0 Å². The SMILES string of the molecule is CCOC(=O)[C@@H]1CCCN(c2cc(-c3nc(-c4ccc(Cl)cc4)no3)c3ccccc3n2)C1. The summed E-state index contributed by atoms with van der Waals surface area (Å²) in [5.74, 6) is 1.38. The maximum absolute atomic E-state index is 12.3. The van der Waals surface area contributed by atoms with Gasteiger partial charge in [0, 0.05) is 29.1 Å². The third-order valence-corrected chi connectivity index (χ3v) is 6.08. The van der Waals surface area contributed by atoms with Gasteiger partial charge in [0.1, 0.15) is 5.82 Å². The highest BCUT2D eigenvalue weighted by Crippen LogP contribution is 2.33. The van der Waals surface area contributed by atoms with Crippen LogP contribution in [0.1, 0.15) is 19.8 Å². The number of carbonyl (C=O) groups is 1. The Morgan fingerprint density at radius 1 is 1.18 bits per heavy atom. The third-order valence-electron chi connectivity index (χ3n) is 5.83. The molecule has 1 aliphatic rings. The summed E-state index contributed by atoms with van der Waals surface area (Å²) >= 11 is 6.00. The van der Waals surface area contributed by atoms with Crippen LogP contribution in [0.25, 0.3) is 33.7 Å². The number of rotatable bonds is 5. The molecule has 2 aromatic carbocycles. The number of piperidine rings is 1. The smallest absolute Gasteiger partial charge is 0.310 e. The topological polar surface area (TPSA) is 81.4 Å². The highest BCUT2D eigenvalue weighted by molar-refractivity contribution is 6.30. The molecule has 1 fully saturated rings. The molecular weight excluding hydrogens is 440 g/mol. The average Bonchev–Trinajstić information content (AvgIpc) is 3.34. The van der Waals surface area contributed by atoms with Crippen molar-refractivity contribution in [3.63, 3.8) is 0 Å². The lowest BCUT2D eigenvalue weighted by molar-refractivity contribution is -0.148. The zero-order valence-electron chi connectivity index (χ0n) is 18.2. The Balaban J connectivity index is 1.52. The van der Waals surface area contributed by atoms with Gasteiger partial charge in [-0.15, -0.1) is 0 Å². The van der Waals surface area contributed by atoms with Gasteiger partial charge >= 0.3 is 5.97 Å². The first kappa shape index (κ1) is 21.4. The Labute approximate surface area is 196 Å². The third kappa shape index (κ3) is 4.41. The molecule has 33 heavy (non-hydrogen) atoms. The highest BCUT2D eigenvalue weighted by Gasteiger charge is 2.28. The van der Waals surface area contributed by atoms with Crippen molar-refractivity contribution in [1.29, 1.82) is 0 Å². The molecule has 0 unspecified atom stereocenters. The molecule has 0 bridgehead atoms. The van der Waals surface area contributed by atoms with Crippen molar-refractivity contribution in [2.24, 2.45) is 5.92 Å². The second kappa shape index (κ2) is 9.19. The van der Waals surface area contributed by atoms with Crippen LogP contribution in [0, 0.1) is 5.92 Å². The summed E-state index contributed by atoms with van der Waals surface area (Å²) in [7, 11) is 0. The summed E-state index contributed by atoms with van der Waals surface area (Å²) in [6, 6.07) is 17.1. The minimum absolute atomic E-state index is 0.146. The van der Waals surface area contributed by atoms with Crippen LogP contribution in [0.2, 0.25) is 5.02 Å². The number of nitrogens with zero attached hydrogens (tertiary/aromatic N) is 4. The molecule has 0 amide bonds. The molecule has 5 rings (SSSR count). The molecule has 3 heterocycles. The van der Waals surface area contributed by atoms with Gasteiger partial charge in [-0.2, -0.15) is 4.98 Å². The van der Waals surface area contributed by atoms with E-state index in [0.717, 1.165) is 47.2 Å². The molecule has 0 aliphatic carbocycles. The number of halogens is 1. The summed E-state index contributed by atoms with van der Waals surface area (Å²) in [6.45, 7) is 3.61. The standard InChI is InChI=1S/C25H23ClN4O3/c1-2-32-25(31)17-6-5-13-30(15-17)22-14-20(19-7-3-4-8-21(19)27-22)24-28-23(29-33-24)16-9-11-18(26)12-10-16/h3-4,7-12,14,17H,2,5-6,13,15H2,1H3/t17-/m1/s1. The van der Waals surface area contributed by atoms with Gasteiger partial charge in [0.05, 0.1) is 23.6 Å². The monoisotopic (exact) mass is 462 g/mol. The Morgan fingerprint density at radius 2 is 2.00 bits per heavy atom. The average molecular weight is 463 g/mol. The number of hydrogen-bond donors (Lipinski definition) is 0. The van der Waals surface area contributed by atoms with E-state index in [1.54, 1.807) is 12.1 Å². The molecule has 1 saturated heterocycles. The van der Waals surface area contributed by atoms with Crippen LogP contribution >= 0.6 is 11.6 Å². The molecule has 2 aromatic heterocycles. The number of esters is 1. The molecule has 7 nitrogen and oxygen atoms in total. The zero-order chi connectivity index (χ0) is 22.8. The molecular formula is C25H23ClN4O3. The molecule has 1 atom stereocenters. The predicted molar refractivity (Wildman–Crippen MR) is 127 cm³/mol. The molecule has 0 N–H and O–H groups in total. The van der Waals surface area contributed by atoms with E-state index in [1.165, 1.54) is 0 Å². The number of carbonyl (C=O) groups excluding carboxylic acids is 1. The first-order chi connectivity index (χ1) is 16.1. The number of aromatic nitrogens is 3. The number of ether oxygens (including phenoxy) is 1. The zero-order valence-corrected chi connectivity index (χ0v) is 19.0. The first-order valence-corrected chi connectivity index (χ1v) is 11.4. The number of fused-ring (bicyclic) bond motifs is 1. The molecule has 4 aromatic rings. The Bertz CT molecular complexity index is 1290. The molecule has 8 heteroatoms. The summed E-state index contributed by atoms with van der Waals surface area (Å²) in [5, 5.41) is 5.74. The van der Waals surface area contributed by atoms with Crippen molar-refractivity contribution < 1.29 is 14.1 Å². The fourth-order valence-electron chi connectivity index (χ4n) is 4.19. The van der Waals surface area contributed by atoms with E-state index in [1.807, 2.05) is 49.4 Å².